The van der Waals surface area contributed by atoms with Crippen molar-refractivity contribution in [1.82, 2.24) is 0 Å². The molecule has 0 saturated heterocycles. The third-order valence-electron chi connectivity index (χ3n) is 3.61. The van der Waals surface area contributed by atoms with Gasteiger partial charge in [-0.25, -0.2) is 0 Å². The van der Waals surface area contributed by atoms with Crippen LogP contribution in [0, 0.1) is 6.92 Å². The molecular weight excluding hydrogens is 325 g/mol. The average molecular weight is 345 g/mol. The number of hydrogen-bond donors (Lipinski definition) is 0. The first-order valence-corrected chi connectivity index (χ1v) is 7.24. The molecule has 1 aromatic carbocycles. The fourth-order valence-corrected chi connectivity index (χ4v) is 3.77. The number of rotatable bonds is 3. The Balaban J connectivity index is 2.18. The van der Waals surface area contributed by atoms with Gasteiger partial charge in [0.05, 0.1) is 35.0 Å². The van der Waals surface area contributed by atoms with E-state index in [1.54, 1.807) is 0 Å². The number of anilines is 1. The van der Waals surface area contributed by atoms with Crippen LogP contribution in [0.4, 0.5) is 5.69 Å². The molecule has 0 aliphatic heterocycles. The van der Waals surface area contributed by atoms with Crippen molar-refractivity contribution in [2.75, 3.05) is 10.2 Å². The molecule has 0 bridgehead atoms. The minimum atomic E-state index is 0.375. The van der Waals surface area contributed by atoms with Crippen molar-refractivity contribution < 1.29 is 4.74 Å². The van der Waals surface area contributed by atoms with Gasteiger partial charge in [0.15, 0.2) is 0 Å². The number of benzene rings is 1. The molecule has 1 aliphatic rings. The van der Waals surface area contributed by atoms with Crippen LogP contribution in [-0.2, 0) is 4.74 Å². The first-order chi connectivity index (χ1) is 8.24. The maximum absolute atomic E-state index is 5.64. The molecule has 2 rings (SSSR count). The zero-order valence-corrected chi connectivity index (χ0v) is 12.7. The van der Waals surface area contributed by atoms with E-state index in [9.17, 15) is 0 Å². The van der Waals surface area contributed by atoms with Gasteiger partial charge in [0, 0.05) is 12.8 Å². The number of para-hydroxylation sites is 1. The second-order valence-electron chi connectivity index (χ2n) is 4.72. The van der Waals surface area contributed by atoms with E-state index in [0.717, 1.165) is 0 Å². The Morgan fingerprint density at radius 3 is 2.65 bits per heavy atom. The highest BCUT2D eigenvalue weighted by Gasteiger charge is 2.29. The van der Waals surface area contributed by atoms with Crippen LogP contribution in [-0.4, -0.2) is 19.3 Å². The highest BCUT2D eigenvalue weighted by atomic mass is 127. The van der Waals surface area contributed by atoms with Crippen LogP contribution in [0.5, 0.6) is 0 Å². The molecular formula is C14H20INO. The number of methoxy groups -OCH3 is 1. The lowest BCUT2D eigenvalue weighted by Gasteiger charge is -2.37. The molecule has 2 nitrogen and oxygen atoms in total. The van der Waals surface area contributed by atoms with Gasteiger partial charge in [-0.05, 0) is 31.4 Å². The maximum Gasteiger partial charge on any atom is 0.0782 e. The van der Waals surface area contributed by atoms with E-state index in [-0.39, 0.29) is 0 Å². The van der Waals surface area contributed by atoms with Crippen LogP contribution in [0.15, 0.2) is 24.3 Å². The number of aryl methyl sites for hydroxylation is 1. The van der Waals surface area contributed by atoms with Crippen LogP contribution >= 0.6 is 22.9 Å². The predicted molar refractivity (Wildman–Crippen MR) is 80.7 cm³/mol. The number of halogens is 1. The standard InChI is InChI=1S/C14H20INO/c1-11-7-3-4-8-12(11)16(15)13-9-5-6-10-14(13)17-2/h3-4,7-8,13-14H,5-6,9-10H2,1-2H3. The molecule has 0 spiro atoms. The molecule has 1 aliphatic carbocycles. The summed E-state index contributed by atoms with van der Waals surface area (Å²) in [6, 6.07) is 9.08. The second kappa shape index (κ2) is 6.05. The van der Waals surface area contributed by atoms with Gasteiger partial charge in [-0.1, -0.05) is 31.0 Å². The zero-order chi connectivity index (χ0) is 12.3. The summed E-state index contributed by atoms with van der Waals surface area (Å²) in [5.74, 6) is 0. The third-order valence-corrected chi connectivity index (χ3v) is 4.84. The summed E-state index contributed by atoms with van der Waals surface area (Å²) in [7, 11) is 1.84. The average Bonchev–Trinajstić information content (AvgIpc) is 2.38. The molecule has 1 aromatic rings. The third kappa shape index (κ3) is 2.94. The van der Waals surface area contributed by atoms with Crippen LogP contribution < -0.4 is 3.11 Å². The molecule has 94 valence electrons. The summed E-state index contributed by atoms with van der Waals surface area (Å²) in [5.41, 5.74) is 2.66. The predicted octanol–water partition coefficient (Wildman–Crippen LogP) is 4.11. The lowest BCUT2D eigenvalue weighted by Crippen LogP contribution is -2.41. The monoisotopic (exact) mass is 345 g/mol. The van der Waals surface area contributed by atoms with E-state index in [2.05, 4.69) is 57.2 Å². The Kier molecular flexibility index (Phi) is 4.68. The number of hydrogen-bond acceptors (Lipinski definition) is 2. The molecule has 0 aromatic heterocycles. The topological polar surface area (TPSA) is 12.5 Å². The smallest absolute Gasteiger partial charge is 0.0782 e. The van der Waals surface area contributed by atoms with Gasteiger partial charge in [0.2, 0.25) is 0 Å². The number of nitrogens with zero attached hydrogens (tertiary/aromatic N) is 1. The SMILES string of the molecule is COC1CCCCC1N(I)c1ccccc1C. The molecule has 0 N–H and O–H groups in total. The molecule has 2 atom stereocenters. The fourth-order valence-electron chi connectivity index (χ4n) is 2.59. The molecule has 1 saturated carbocycles. The molecule has 0 heterocycles. The van der Waals surface area contributed by atoms with Gasteiger partial charge in [-0.2, -0.15) is 0 Å². The summed E-state index contributed by atoms with van der Waals surface area (Å²) in [4.78, 5) is 0. The van der Waals surface area contributed by atoms with Crippen molar-refractivity contribution in [3.63, 3.8) is 0 Å². The van der Waals surface area contributed by atoms with Gasteiger partial charge in [-0.15, -0.1) is 0 Å². The molecule has 0 radical (unpaired) electrons. The quantitative estimate of drug-likeness (QED) is 0.604. The van der Waals surface area contributed by atoms with E-state index < -0.39 is 0 Å². The first kappa shape index (κ1) is 13.1. The second-order valence-corrected chi connectivity index (χ2v) is 5.76. The Morgan fingerprint density at radius 2 is 1.94 bits per heavy atom. The van der Waals surface area contributed by atoms with E-state index in [4.69, 9.17) is 4.74 Å². The summed E-state index contributed by atoms with van der Waals surface area (Å²) >= 11 is 2.44. The first-order valence-electron chi connectivity index (χ1n) is 6.27. The Morgan fingerprint density at radius 1 is 1.24 bits per heavy atom. The zero-order valence-electron chi connectivity index (χ0n) is 10.5. The Bertz CT molecular complexity index is 369. The van der Waals surface area contributed by atoms with E-state index in [1.807, 2.05) is 7.11 Å². The van der Waals surface area contributed by atoms with Crippen molar-refractivity contribution >= 4 is 28.6 Å². The highest BCUT2D eigenvalue weighted by Crippen LogP contribution is 2.33. The maximum atomic E-state index is 5.64. The van der Waals surface area contributed by atoms with Gasteiger partial charge in [-0.3, -0.25) is 0 Å². The normalized spacial score (nSPS) is 24.6. The summed E-state index contributed by atoms with van der Waals surface area (Å²) < 4.78 is 8.02. The Labute approximate surface area is 118 Å². The van der Waals surface area contributed by atoms with Crippen LogP contribution in [0.25, 0.3) is 0 Å². The van der Waals surface area contributed by atoms with Gasteiger partial charge < -0.3 is 7.85 Å². The van der Waals surface area contributed by atoms with E-state index >= 15 is 0 Å². The molecule has 0 amide bonds. The van der Waals surface area contributed by atoms with Crippen molar-refractivity contribution in [3.05, 3.63) is 29.8 Å². The highest BCUT2D eigenvalue weighted by molar-refractivity contribution is 14.1. The molecule has 1 fully saturated rings. The van der Waals surface area contributed by atoms with E-state index in [1.165, 1.54) is 36.9 Å². The van der Waals surface area contributed by atoms with Crippen molar-refractivity contribution in [3.8, 4) is 0 Å². The minimum absolute atomic E-state index is 0.375. The summed E-state index contributed by atoms with van der Waals surface area (Å²) in [6.07, 6.45) is 5.41. The lowest BCUT2D eigenvalue weighted by atomic mass is 9.92. The van der Waals surface area contributed by atoms with Crippen LogP contribution in [0.1, 0.15) is 31.2 Å². The molecule has 3 heteroatoms. The molecule has 17 heavy (non-hydrogen) atoms. The van der Waals surface area contributed by atoms with Gasteiger partial charge in [0.25, 0.3) is 0 Å². The fraction of sp³-hybridized carbons (Fsp3) is 0.571. The Hall–Kier alpha value is -0.290. The van der Waals surface area contributed by atoms with Gasteiger partial charge >= 0.3 is 0 Å². The van der Waals surface area contributed by atoms with Crippen molar-refractivity contribution in [1.29, 1.82) is 0 Å². The van der Waals surface area contributed by atoms with Crippen LogP contribution in [0.3, 0.4) is 0 Å². The summed E-state index contributed by atoms with van der Waals surface area (Å²) in [6.45, 7) is 2.17. The summed E-state index contributed by atoms with van der Waals surface area (Å²) in [5, 5.41) is 0. The van der Waals surface area contributed by atoms with Crippen LogP contribution in [0.2, 0.25) is 0 Å². The molecule has 2 unspecified atom stereocenters. The van der Waals surface area contributed by atoms with E-state index in [0.29, 0.717) is 12.1 Å². The van der Waals surface area contributed by atoms with Crippen molar-refractivity contribution in [2.24, 2.45) is 0 Å². The minimum Gasteiger partial charge on any atom is -0.379 e. The van der Waals surface area contributed by atoms with Gasteiger partial charge in [0.1, 0.15) is 0 Å². The lowest BCUT2D eigenvalue weighted by molar-refractivity contribution is 0.0576. The number of ether oxygens (including phenoxy) is 1. The van der Waals surface area contributed by atoms with Crippen molar-refractivity contribution in [2.45, 2.75) is 44.8 Å². The largest absolute Gasteiger partial charge is 0.379 e.